The normalized spacial score (nSPS) is 11.3. The number of carbonyl (C=O) groups excluding carboxylic acids is 2. The van der Waals surface area contributed by atoms with Gasteiger partial charge in [-0.3, -0.25) is 4.79 Å². The third-order valence-electron chi connectivity index (χ3n) is 3.89. The molecule has 0 bridgehead atoms. The Morgan fingerprint density at radius 3 is 2.11 bits per heavy atom. The Balaban J connectivity index is 2.06. The van der Waals surface area contributed by atoms with Crippen molar-refractivity contribution in [1.82, 2.24) is 10.0 Å². The minimum Gasteiger partial charge on any atom is -0.465 e. The fourth-order valence-corrected chi connectivity index (χ4v) is 4.12. The van der Waals surface area contributed by atoms with Crippen molar-refractivity contribution in [3.63, 3.8) is 0 Å². The number of rotatable bonds is 8. The summed E-state index contributed by atoms with van der Waals surface area (Å²) < 4.78 is 31.6. The molecule has 28 heavy (non-hydrogen) atoms. The Bertz CT molecular complexity index is 937. The van der Waals surface area contributed by atoms with Crippen LogP contribution in [0.15, 0.2) is 48.5 Å². The maximum atomic E-state index is 12.4. The van der Waals surface area contributed by atoms with Crippen molar-refractivity contribution in [2.45, 2.75) is 32.2 Å². The zero-order chi connectivity index (χ0) is 20.7. The van der Waals surface area contributed by atoms with E-state index in [2.05, 4.69) is 14.8 Å². The Hall–Kier alpha value is -2.71. The number of hydrogen-bond donors (Lipinski definition) is 2. The average molecular weight is 404 g/mol. The monoisotopic (exact) mass is 404 g/mol. The number of esters is 1. The minimum atomic E-state index is -3.47. The quantitative estimate of drug-likeness (QED) is 0.657. The molecular formula is C20H24N2O5S. The number of benzene rings is 2. The highest BCUT2D eigenvalue weighted by Crippen LogP contribution is 2.13. The molecule has 2 rings (SSSR count). The predicted molar refractivity (Wildman–Crippen MR) is 106 cm³/mol. The van der Waals surface area contributed by atoms with Crippen LogP contribution in [0.3, 0.4) is 0 Å². The maximum Gasteiger partial charge on any atom is 0.337 e. The summed E-state index contributed by atoms with van der Waals surface area (Å²) in [6.45, 7) is 3.70. The first kappa shape index (κ1) is 21.6. The van der Waals surface area contributed by atoms with E-state index in [0.29, 0.717) is 16.7 Å². The van der Waals surface area contributed by atoms with E-state index in [9.17, 15) is 18.0 Å². The Kier molecular flexibility index (Phi) is 7.31. The van der Waals surface area contributed by atoms with Crippen LogP contribution < -0.4 is 10.0 Å². The van der Waals surface area contributed by atoms with Gasteiger partial charge in [0.1, 0.15) is 0 Å². The van der Waals surface area contributed by atoms with Gasteiger partial charge in [-0.25, -0.2) is 17.9 Å². The second kappa shape index (κ2) is 9.48. The zero-order valence-corrected chi connectivity index (χ0v) is 16.9. The van der Waals surface area contributed by atoms with Crippen molar-refractivity contribution in [2.75, 3.05) is 7.11 Å². The number of nitrogens with one attached hydrogen (secondary N) is 2. The summed E-state index contributed by atoms with van der Waals surface area (Å²) >= 11 is 0. The molecule has 1 amide bonds. The SMILES string of the molecule is COC(=O)c1ccc(C(=O)NCc2ccccc2CS(=O)(=O)NC(C)C)cc1. The molecule has 8 heteroatoms. The molecular weight excluding hydrogens is 380 g/mol. The smallest absolute Gasteiger partial charge is 0.337 e. The summed E-state index contributed by atoms with van der Waals surface area (Å²) in [7, 11) is -2.18. The van der Waals surface area contributed by atoms with Crippen LogP contribution >= 0.6 is 0 Å². The molecule has 0 atom stereocenters. The molecule has 0 aromatic heterocycles. The highest BCUT2D eigenvalue weighted by Gasteiger charge is 2.16. The van der Waals surface area contributed by atoms with Crippen LogP contribution in [0.2, 0.25) is 0 Å². The lowest BCUT2D eigenvalue weighted by molar-refractivity contribution is 0.0600. The van der Waals surface area contributed by atoms with Gasteiger partial charge in [-0.2, -0.15) is 0 Å². The molecule has 0 unspecified atom stereocenters. The third kappa shape index (κ3) is 6.17. The van der Waals surface area contributed by atoms with Crippen LogP contribution in [-0.2, 0) is 27.1 Å². The molecule has 0 aliphatic rings. The van der Waals surface area contributed by atoms with E-state index < -0.39 is 16.0 Å². The first-order chi connectivity index (χ1) is 13.2. The van der Waals surface area contributed by atoms with Crippen LogP contribution in [0.4, 0.5) is 0 Å². The van der Waals surface area contributed by atoms with Crippen LogP contribution in [0.5, 0.6) is 0 Å². The van der Waals surface area contributed by atoms with Gasteiger partial charge in [0.2, 0.25) is 10.0 Å². The molecule has 0 aliphatic carbocycles. The molecule has 7 nitrogen and oxygen atoms in total. The molecule has 0 heterocycles. The number of hydrogen-bond acceptors (Lipinski definition) is 5. The number of ether oxygens (including phenoxy) is 1. The molecule has 2 aromatic rings. The molecule has 0 fully saturated rings. The molecule has 2 aromatic carbocycles. The van der Waals surface area contributed by atoms with E-state index >= 15 is 0 Å². The van der Waals surface area contributed by atoms with Gasteiger partial charge in [-0.05, 0) is 49.2 Å². The fraction of sp³-hybridized carbons (Fsp3) is 0.300. The van der Waals surface area contributed by atoms with Gasteiger partial charge in [-0.1, -0.05) is 24.3 Å². The molecule has 0 spiro atoms. The van der Waals surface area contributed by atoms with Crippen LogP contribution in [0.25, 0.3) is 0 Å². The van der Waals surface area contributed by atoms with Crippen molar-refractivity contribution in [3.05, 3.63) is 70.8 Å². The molecule has 0 aliphatic heterocycles. The summed E-state index contributed by atoms with van der Waals surface area (Å²) in [5.41, 5.74) is 2.08. The van der Waals surface area contributed by atoms with E-state index in [1.165, 1.54) is 31.4 Å². The van der Waals surface area contributed by atoms with Crippen molar-refractivity contribution in [3.8, 4) is 0 Å². The number of carbonyl (C=O) groups is 2. The Morgan fingerprint density at radius 2 is 1.54 bits per heavy atom. The van der Waals surface area contributed by atoms with E-state index in [0.717, 1.165) is 5.56 Å². The van der Waals surface area contributed by atoms with Gasteiger partial charge in [-0.15, -0.1) is 0 Å². The lowest BCUT2D eigenvalue weighted by atomic mass is 10.1. The van der Waals surface area contributed by atoms with Crippen molar-refractivity contribution >= 4 is 21.9 Å². The van der Waals surface area contributed by atoms with Gasteiger partial charge in [0.05, 0.1) is 18.4 Å². The van der Waals surface area contributed by atoms with Gasteiger partial charge in [0.25, 0.3) is 5.91 Å². The molecule has 0 saturated carbocycles. The summed E-state index contributed by atoms with van der Waals surface area (Å²) in [6.07, 6.45) is 0. The van der Waals surface area contributed by atoms with Crippen molar-refractivity contribution in [1.29, 1.82) is 0 Å². The van der Waals surface area contributed by atoms with Gasteiger partial charge in [0, 0.05) is 18.2 Å². The van der Waals surface area contributed by atoms with Gasteiger partial charge >= 0.3 is 5.97 Å². The number of sulfonamides is 1. The molecule has 150 valence electrons. The second-order valence-electron chi connectivity index (χ2n) is 6.55. The molecule has 2 N–H and O–H groups in total. The highest BCUT2D eigenvalue weighted by molar-refractivity contribution is 7.88. The van der Waals surface area contributed by atoms with Crippen molar-refractivity contribution in [2.24, 2.45) is 0 Å². The summed E-state index contributed by atoms with van der Waals surface area (Å²) in [4.78, 5) is 23.8. The van der Waals surface area contributed by atoms with E-state index in [1.807, 2.05) is 0 Å². The third-order valence-corrected chi connectivity index (χ3v) is 5.41. The summed E-state index contributed by atoms with van der Waals surface area (Å²) in [5.74, 6) is -0.961. The number of amides is 1. The van der Waals surface area contributed by atoms with E-state index in [-0.39, 0.29) is 24.2 Å². The van der Waals surface area contributed by atoms with Crippen LogP contribution in [0.1, 0.15) is 45.7 Å². The standard InChI is InChI=1S/C20H24N2O5S/c1-14(2)22-28(25,26)13-18-7-5-4-6-17(18)12-21-19(23)15-8-10-16(11-9-15)20(24)27-3/h4-11,14,22H,12-13H2,1-3H3,(H,21,23). The lowest BCUT2D eigenvalue weighted by Gasteiger charge is -2.13. The lowest BCUT2D eigenvalue weighted by Crippen LogP contribution is -2.32. The summed E-state index contributed by atoms with van der Waals surface area (Å²) in [5, 5.41) is 2.77. The highest BCUT2D eigenvalue weighted by atomic mass is 32.2. The maximum absolute atomic E-state index is 12.4. The number of methoxy groups -OCH3 is 1. The first-order valence-corrected chi connectivity index (χ1v) is 10.4. The summed E-state index contributed by atoms with van der Waals surface area (Å²) in [6, 6.07) is 13.0. The Labute approximate surface area is 165 Å². The van der Waals surface area contributed by atoms with Gasteiger partial charge < -0.3 is 10.1 Å². The van der Waals surface area contributed by atoms with Crippen LogP contribution in [-0.4, -0.2) is 33.4 Å². The zero-order valence-electron chi connectivity index (χ0n) is 16.1. The largest absolute Gasteiger partial charge is 0.465 e. The fourth-order valence-electron chi connectivity index (χ4n) is 2.63. The van der Waals surface area contributed by atoms with E-state index in [1.54, 1.807) is 38.1 Å². The Morgan fingerprint density at radius 1 is 0.964 bits per heavy atom. The van der Waals surface area contributed by atoms with Crippen LogP contribution in [0, 0.1) is 0 Å². The van der Waals surface area contributed by atoms with Gasteiger partial charge in [0.15, 0.2) is 0 Å². The second-order valence-corrected chi connectivity index (χ2v) is 8.31. The molecule has 0 radical (unpaired) electrons. The topological polar surface area (TPSA) is 102 Å². The average Bonchev–Trinajstić information content (AvgIpc) is 2.65. The first-order valence-electron chi connectivity index (χ1n) is 8.75. The van der Waals surface area contributed by atoms with Crippen molar-refractivity contribution < 1.29 is 22.7 Å². The predicted octanol–water partition coefficient (Wildman–Crippen LogP) is 2.23. The van der Waals surface area contributed by atoms with E-state index in [4.69, 9.17) is 0 Å². The minimum absolute atomic E-state index is 0.162. The molecule has 0 saturated heterocycles.